The Morgan fingerprint density at radius 2 is 1.67 bits per heavy atom. The molecule has 0 amide bonds. The summed E-state index contributed by atoms with van der Waals surface area (Å²) in [7, 11) is 1.69. The number of anilines is 3. The van der Waals surface area contributed by atoms with Crippen LogP contribution in [0, 0.1) is 0 Å². The van der Waals surface area contributed by atoms with E-state index < -0.39 is 0 Å². The Labute approximate surface area is 160 Å². The molecule has 144 valence electrons. The second kappa shape index (κ2) is 8.41. The van der Waals surface area contributed by atoms with E-state index in [1.54, 1.807) is 13.3 Å². The lowest BCUT2D eigenvalue weighted by Crippen LogP contribution is -2.47. The highest BCUT2D eigenvalue weighted by atomic mass is 16.5. The van der Waals surface area contributed by atoms with Crippen LogP contribution < -0.4 is 19.9 Å². The normalized spacial score (nSPS) is 18.4. The van der Waals surface area contributed by atoms with Gasteiger partial charge >= 0.3 is 0 Å². The molecule has 0 bridgehead atoms. The fourth-order valence-corrected chi connectivity index (χ4v) is 3.91. The molecule has 27 heavy (non-hydrogen) atoms. The minimum atomic E-state index is 0.523. The summed E-state index contributed by atoms with van der Waals surface area (Å²) in [5.41, 5.74) is 1.22. The average molecular weight is 368 g/mol. The number of benzene rings is 1. The third-order valence-corrected chi connectivity index (χ3v) is 5.50. The summed E-state index contributed by atoms with van der Waals surface area (Å²) in [6, 6.07) is 8.77. The van der Waals surface area contributed by atoms with Crippen molar-refractivity contribution >= 4 is 17.5 Å². The minimum absolute atomic E-state index is 0.523. The molecule has 2 fully saturated rings. The molecule has 1 saturated heterocycles. The van der Waals surface area contributed by atoms with Crippen LogP contribution in [-0.4, -0.2) is 54.5 Å². The van der Waals surface area contributed by atoms with E-state index in [1.165, 1.54) is 37.8 Å². The number of nitrogens with one attached hydrogen (secondary N) is 1. The van der Waals surface area contributed by atoms with E-state index in [0.717, 1.165) is 43.7 Å². The maximum Gasteiger partial charge on any atom is 0.247 e. The number of aromatic nitrogens is 3. The van der Waals surface area contributed by atoms with Crippen molar-refractivity contribution in [2.24, 2.45) is 0 Å². The van der Waals surface area contributed by atoms with Gasteiger partial charge in [-0.05, 0) is 37.1 Å². The molecule has 4 rings (SSSR count). The van der Waals surface area contributed by atoms with Crippen LogP contribution in [-0.2, 0) is 0 Å². The maximum absolute atomic E-state index is 5.24. The SMILES string of the molecule is COc1ccc(N2CCN(c3nncc(NC4CCCCC4)n3)CC2)cc1. The predicted molar refractivity (Wildman–Crippen MR) is 108 cm³/mol. The van der Waals surface area contributed by atoms with Crippen molar-refractivity contribution in [2.75, 3.05) is 48.4 Å². The molecule has 0 radical (unpaired) electrons. The van der Waals surface area contributed by atoms with E-state index in [4.69, 9.17) is 9.72 Å². The first-order valence-corrected chi connectivity index (χ1v) is 9.92. The first-order valence-electron chi connectivity index (χ1n) is 9.92. The smallest absolute Gasteiger partial charge is 0.247 e. The largest absolute Gasteiger partial charge is 0.497 e. The zero-order chi connectivity index (χ0) is 18.5. The molecule has 7 nitrogen and oxygen atoms in total. The van der Waals surface area contributed by atoms with Gasteiger partial charge in [0.15, 0.2) is 5.82 Å². The lowest BCUT2D eigenvalue weighted by atomic mass is 9.96. The highest BCUT2D eigenvalue weighted by molar-refractivity contribution is 5.51. The Morgan fingerprint density at radius 3 is 2.37 bits per heavy atom. The molecule has 1 aromatic heterocycles. The Bertz CT molecular complexity index is 724. The molecule has 2 aliphatic rings. The second-order valence-electron chi connectivity index (χ2n) is 7.29. The van der Waals surface area contributed by atoms with Crippen molar-refractivity contribution in [3.8, 4) is 5.75 Å². The number of hydrogen-bond donors (Lipinski definition) is 1. The van der Waals surface area contributed by atoms with E-state index in [0.29, 0.717) is 6.04 Å². The fraction of sp³-hybridized carbons (Fsp3) is 0.550. The van der Waals surface area contributed by atoms with E-state index >= 15 is 0 Å². The van der Waals surface area contributed by atoms with Gasteiger partial charge in [-0.3, -0.25) is 0 Å². The van der Waals surface area contributed by atoms with Gasteiger partial charge in [0.25, 0.3) is 0 Å². The Kier molecular flexibility index (Phi) is 5.55. The average Bonchev–Trinajstić information content (AvgIpc) is 2.75. The Balaban J connectivity index is 1.35. The molecule has 0 unspecified atom stereocenters. The van der Waals surface area contributed by atoms with Crippen LogP contribution in [0.25, 0.3) is 0 Å². The number of rotatable bonds is 5. The van der Waals surface area contributed by atoms with Crippen LogP contribution in [0.4, 0.5) is 17.5 Å². The fourth-order valence-electron chi connectivity index (χ4n) is 3.91. The van der Waals surface area contributed by atoms with Crippen molar-refractivity contribution < 1.29 is 4.74 Å². The van der Waals surface area contributed by atoms with E-state index in [9.17, 15) is 0 Å². The molecule has 1 aliphatic carbocycles. The van der Waals surface area contributed by atoms with Crippen LogP contribution in [0.5, 0.6) is 5.75 Å². The van der Waals surface area contributed by atoms with Crippen molar-refractivity contribution in [1.29, 1.82) is 0 Å². The third-order valence-electron chi connectivity index (χ3n) is 5.50. The first-order chi connectivity index (χ1) is 13.3. The first kappa shape index (κ1) is 17.8. The van der Waals surface area contributed by atoms with Gasteiger partial charge in [0, 0.05) is 37.9 Å². The lowest BCUT2D eigenvalue weighted by molar-refractivity contribution is 0.415. The zero-order valence-corrected chi connectivity index (χ0v) is 16.0. The van der Waals surface area contributed by atoms with Crippen LogP contribution in [0.15, 0.2) is 30.5 Å². The zero-order valence-electron chi connectivity index (χ0n) is 16.0. The molecule has 1 saturated carbocycles. The molecule has 2 aromatic rings. The van der Waals surface area contributed by atoms with Crippen molar-refractivity contribution in [1.82, 2.24) is 15.2 Å². The molecule has 7 heteroatoms. The van der Waals surface area contributed by atoms with Gasteiger partial charge in [0.05, 0.1) is 13.3 Å². The van der Waals surface area contributed by atoms with E-state index in [2.05, 4.69) is 37.4 Å². The Morgan fingerprint density at radius 1 is 0.963 bits per heavy atom. The molecule has 0 atom stereocenters. The molecular weight excluding hydrogens is 340 g/mol. The van der Waals surface area contributed by atoms with Gasteiger partial charge in [0.2, 0.25) is 5.95 Å². The number of piperazine rings is 1. The van der Waals surface area contributed by atoms with Gasteiger partial charge in [-0.15, -0.1) is 5.10 Å². The second-order valence-corrected chi connectivity index (χ2v) is 7.29. The molecule has 1 aliphatic heterocycles. The van der Waals surface area contributed by atoms with Crippen molar-refractivity contribution in [3.05, 3.63) is 30.5 Å². The molecule has 2 heterocycles. The van der Waals surface area contributed by atoms with Gasteiger partial charge in [-0.1, -0.05) is 19.3 Å². The van der Waals surface area contributed by atoms with Crippen molar-refractivity contribution in [3.63, 3.8) is 0 Å². The highest BCUT2D eigenvalue weighted by Crippen LogP contribution is 2.23. The predicted octanol–water partition coefficient (Wildman–Crippen LogP) is 2.95. The molecule has 1 N–H and O–H groups in total. The van der Waals surface area contributed by atoms with Gasteiger partial charge in [0.1, 0.15) is 5.75 Å². The minimum Gasteiger partial charge on any atom is -0.497 e. The number of ether oxygens (including phenoxy) is 1. The number of nitrogens with zero attached hydrogens (tertiary/aromatic N) is 5. The summed E-state index contributed by atoms with van der Waals surface area (Å²) in [4.78, 5) is 9.32. The summed E-state index contributed by atoms with van der Waals surface area (Å²) in [6.45, 7) is 3.66. The maximum atomic E-state index is 5.24. The van der Waals surface area contributed by atoms with Crippen LogP contribution >= 0.6 is 0 Å². The summed E-state index contributed by atoms with van der Waals surface area (Å²) >= 11 is 0. The van der Waals surface area contributed by atoms with Gasteiger partial charge in [-0.25, -0.2) is 0 Å². The summed E-state index contributed by atoms with van der Waals surface area (Å²) in [6.07, 6.45) is 8.14. The molecular formula is C20H28N6O. The van der Waals surface area contributed by atoms with Crippen LogP contribution in [0.2, 0.25) is 0 Å². The number of hydrogen-bond acceptors (Lipinski definition) is 7. The quantitative estimate of drug-likeness (QED) is 0.870. The van der Waals surface area contributed by atoms with Gasteiger partial charge < -0.3 is 19.9 Å². The standard InChI is InChI=1S/C20H28N6O/c1-27-18-9-7-17(8-10-18)25-11-13-26(14-12-25)20-23-19(15-21-24-20)22-16-5-3-2-4-6-16/h7-10,15-16H,2-6,11-14H2,1H3,(H,22,23,24). The summed E-state index contributed by atoms with van der Waals surface area (Å²) in [5, 5.41) is 12.0. The topological polar surface area (TPSA) is 66.4 Å². The van der Waals surface area contributed by atoms with E-state index in [-0.39, 0.29) is 0 Å². The molecule has 1 aromatic carbocycles. The van der Waals surface area contributed by atoms with Crippen LogP contribution in [0.1, 0.15) is 32.1 Å². The highest BCUT2D eigenvalue weighted by Gasteiger charge is 2.21. The van der Waals surface area contributed by atoms with Crippen molar-refractivity contribution in [2.45, 2.75) is 38.1 Å². The van der Waals surface area contributed by atoms with Gasteiger partial charge in [-0.2, -0.15) is 10.1 Å². The Hall–Kier alpha value is -2.57. The lowest BCUT2D eigenvalue weighted by Gasteiger charge is -2.36. The third kappa shape index (κ3) is 4.40. The molecule has 0 spiro atoms. The van der Waals surface area contributed by atoms with E-state index in [1.807, 2.05) is 12.1 Å². The monoisotopic (exact) mass is 368 g/mol. The van der Waals surface area contributed by atoms with Crippen LogP contribution in [0.3, 0.4) is 0 Å². The summed E-state index contributed by atoms with van der Waals surface area (Å²) in [5.74, 6) is 2.47. The summed E-state index contributed by atoms with van der Waals surface area (Å²) < 4.78 is 5.24. The number of methoxy groups -OCH3 is 1.